The van der Waals surface area contributed by atoms with Crippen LogP contribution in [0.1, 0.15) is 25.0 Å². The minimum absolute atomic E-state index is 0.0839. The Kier molecular flexibility index (Phi) is 5.44. The van der Waals surface area contributed by atoms with E-state index in [1.165, 1.54) is 98.4 Å². The van der Waals surface area contributed by atoms with E-state index in [2.05, 4.69) is 172 Å². The van der Waals surface area contributed by atoms with Gasteiger partial charge in [0.25, 0.3) is 0 Å². The maximum atomic E-state index is 2.43. The first kappa shape index (κ1) is 26.5. The highest BCUT2D eigenvalue weighted by molar-refractivity contribution is 6.25. The minimum Gasteiger partial charge on any atom is -0.0619 e. The van der Waals surface area contributed by atoms with Gasteiger partial charge in [0, 0.05) is 5.41 Å². The van der Waals surface area contributed by atoms with Crippen LogP contribution < -0.4 is 0 Å². The third kappa shape index (κ3) is 3.64. The summed E-state index contributed by atoms with van der Waals surface area (Å²) in [5, 5.41) is 13.0. The first-order chi connectivity index (χ1) is 23.1. The molecule has 0 aliphatic heterocycles. The molecule has 0 nitrogen and oxygen atoms in total. The molecular formula is C47H32. The summed E-state index contributed by atoms with van der Waals surface area (Å²) in [6.07, 6.45) is 0. The lowest BCUT2D eigenvalue weighted by atomic mass is 9.68. The van der Waals surface area contributed by atoms with Gasteiger partial charge in [0.15, 0.2) is 0 Å². The molecule has 0 aromatic heterocycles. The van der Waals surface area contributed by atoms with Gasteiger partial charge in [-0.1, -0.05) is 166 Å². The van der Waals surface area contributed by atoms with E-state index in [9.17, 15) is 0 Å². The van der Waals surface area contributed by atoms with Crippen molar-refractivity contribution in [3.05, 3.63) is 169 Å². The summed E-state index contributed by atoms with van der Waals surface area (Å²) in [6, 6.07) is 59.0. The van der Waals surface area contributed by atoms with Crippen LogP contribution in [0.4, 0.5) is 0 Å². The molecule has 1 aliphatic rings. The quantitative estimate of drug-likeness (QED) is 0.138. The molecule has 47 heavy (non-hydrogen) atoms. The van der Waals surface area contributed by atoms with Crippen molar-refractivity contribution in [1.82, 2.24) is 0 Å². The van der Waals surface area contributed by atoms with Gasteiger partial charge in [-0.2, -0.15) is 0 Å². The Balaban J connectivity index is 1.34. The highest BCUT2D eigenvalue weighted by Gasteiger charge is 2.33. The highest BCUT2D eigenvalue weighted by atomic mass is 14.4. The largest absolute Gasteiger partial charge is 0.0619 e. The van der Waals surface area contributed by atoms with Gasteiger partial charge in [0.05, 0.1) is 0 Å². The number of rotatable bonds is 2. The highest BCUT2D eigenvalue weighted by Crippen LogP contribution is 2.51. The van der Waals surface area contributed by atoms with Gasteiger partial charge in [-0.3, -0.25) is 0 Å². The van der Waals surface area contributed by atoms with E-state index < -0.39 is 0 Å². The maximum Gasteiger partial charge on any atom is 0.0159 e. The Morgan fingerprint density at radius 2 is 0.936 bits per heavy atom. The van der Waals surface area contributed by atoms with Crippen LogP contribution in [0.15, 0.2) is 158 Å². The standard InChI is InChI=1S/C47H32/c1-47(2)42-23-8-7-18-35(42)39-22-11-21-38-34(26-27-43(47)46(38)39)37-20-10-15-30-24-25-40-41(44(30)37)28-31-13-4-6-17-33(31)45(40)36-19-9-14-29-12-3-5-16-32(29)36/h3-28H,1-2H3. The summed E-state index contributed by atoms with van der Waals surface area (Å²) in [5.74, 6) is 0. The van der Waals surface area contributed by atoms with E-state index in [0.717, 1.165) is 0 Å². The minimum atomic E-state index is -0.0839. The van der Waals surface area contributed by atoms with Crippen molar-refractivity contribution in [1.29, 1.82) is 0 Å². The first-order valence-corrected chi connectivity index (χ1v) is 16.6. The molecule has 220 valence electrons. The molecule has 0 heteroatoms. The molecule has 9 aromatic rings. The van der Waals surface area contributed by atoms with Crippen molar-refractivity contribution in [2.24, 2.45) is 0 Å². The van der Waals surface area contributed by atoms with Crippen LogP contribution in [-0.2, 0) is 5.41 Å². The van der Waals surface area contributed by atoms with E-state index in [1.54, 1.807) is 0 Å². The molecule has 0 saturated carbocycles. The molecule has 0 amide bonds. The van der Waals surface area contributed by atoms with Crippen LogP contribution >= 0.6 is 0 Å². The predicted molar refractivity (Wildman–Crippen MR) is 202 cm³/mol. The van der Waals surface area contributed by atoms with Crippen LogP contribution in [-0.4, -0.2) is 0 Å². The topological polar surface area (TPSA) is 0 Å². The van der Waals surface area contributed by atoms with E-state index in [4.69, 9.17) is 0 Å². The smallest absolute Gasteiger partial charge is 0.0159 e. The van der Waals surface area contributed by atoms with E-state index in [0.29, 0.717) is 0 Å². The average Bonchev–Trinajstić information content (AvgIpc) is 3.12. The van der Waals surface area contributed by atoms with Crippen molar-refractivity contribution in [3.63, 3.8) is 0 Å². The van der Waals surface area contributed by atoms with Crippen molar-refractivity contribution in [2.45, 2.75) is 19.3 Å². The van der Waals surface area contributed by atoms with Crippen molar-refractivity contribution in [2.75, 3.05) is 0 Å². The van der Waals surface area contributed by atoms with E-state index in [1.807, 2.05) is 0 Å². The summed E-state index contributed by atoms with van der Waals surface area (Å²) in [7, 11) is 0. The van der Waals surface area contributed by atoms with Gasteiger partial charge in [0.2, 0.25) is 0 Å². The number of hydrogen-bond acceptors (Lipinski definition) is 0. The second-order valence-corrected chi connectivity index (χ2v) is 13.6. The fraction of sp³-hybridized carbons (Fsp3) is 0.0638. The monoisotopic (exact) mass is 596 g/mol. The van der Waals surface area contributed by atoms with E-state index in [-0.39, 0.29) is 5.41 Å². The normalized spacial score (nSPS) is 13.5. The first-order valence-electron chi connectivity index (χ1n) is 16.6. The summed E-state index contributed by atoms with van der Waals surface area (Å²) in [5.41, 5.74) is 10.6. The number of benzene rings is 9. The van der Waals surface area contributed by atoms with Gasteiger partial charge >= 0.3 is 0 Å². The average molecular weight is 597 g/mol. The molecule has 0 N–H and O–H groups in total. The van der Waals surface area contributed by atoms with Crippen LogP contribution in [0, 0.1) is 0 Å². The Hall–Kier alpha value is -5.72. The zero-order valence-electron chi connectivity index (χ0n) is 26.5. The van der Waals surface area contributed by atoms with Crippen LogP contribution in [0.3, 0.4) is 0 Å². The number of hydrogen-bond donors (Lipinski definition) is 0. The second kappa shape index (κ2) is 9.64. The fourth-order valence-corrected chi connectivity index (χ4v) is 8.68. The maximum absolute atomic E-state index is 2.43. The lowest BCUT2D eigenvalue weighted by Crippen LogP contribution is -2.23. The van der Waals surface area contributed by atoms with Crippen LogP contribution in [0.25, 0.3) is 87.2 Å². The Morgan fingerprint density at radius 3 is 1.81 bits per heavy atom. The molecular weight excluding hydrogens is 565 g/mol. The second-order valence-electron chi connectivity index (χ2n) is 13.6. The van der Waals surface area contributed by atoms with Gasteiger partial charge < -0.3 is 0 Å². The summed E-state index contributed by atoms with van der Waals surface area (Å²) < 4.78 is 0. The Bertz CT molecular complexity index is 2750. The molecule has 0 bridgehead atoms. The summed E-state index contributed by atoms with van der Waals surface area (Å²) >= 11 is 0. The van der Waals surface area contributed by atoms with Crippen molar-refractivity contribution >= 4 is 53.9 Å². The van der Waals surface area contributed by atoms with Gasteiger partial charge in [-0.25, -0.2) is 0 Å². The Morgan fingerprint density at radius 1 is 0.319 bits per heavy atom. The molecule has 0 radical (unpaired) electrons. The SMILES string of the molecule is CC1(C)c2ccccc2-c2cccc3c(-c4cccc5ccc6c(-c7cccc8ccccc78)c7ccccc7cc6c45)ccc1c23. The molecule has 0 heterocycles. The molecule has 0 saturated heterocycles. The van der Waals surface area contributed by atoms with Crippen molar-refractivity contribution < 1.29 is 0 Å². The molecule has 0 atom stereocenters. The summed E-state index contributed by atoms with van der Waals surface area (Å²) in [4.78, 5) is 0. The molecule has 0 unspecified atom stereocenters. The van der Waals surface area contributed by atoms with Gasteiger partial charge in [-0.05, 0) is 104 Å². The lowest BCUT2D eigenvalue weighted by Gasteiger charge is -2.35. The predicted octanol–water partition coefficient (Wildman–Crippen LogP) is 13.1. The Labute approximate surface area is 274 Å². The molecule has 9 aromatic carbocycles. The zero-order valence-corrected chi connectivity index (χ0v) is 26.5. The third-order valence-electron chi connectivity index (χ3n) is 10.8. The van der Waals surface area contributed by atoms with Crippen molar-refractivity contribution in [3.8, 4) is 33.4 Å². The van der Waals surface area contributed by atoms with Gasteiger partial charge in [0.1, 0.15) is 0 Å². The van der Waals surface area contributed by atoms with Crippen LogP contribution in [0.2, 0.25) is 0 Å². The zero-order chi connectivity index (χ0) is 31.3. The molecule has 1 aliphatic carbocycles. The molecule has 0 spiro atoms. The van der Waals surface area contributed by atoms with Crippen LogP contribution in [0.5, 0.6) is 0 Å². The fourth-order valence-electron chi connectivity index (χ4n) is 8.68. The summed E-state index contributed by atoms with van der Waals surface area (Å²) in [6.45, 7) is 4.75. The van der Waals surface area contributed by atoms with E-state index >= 15 is 0 Å². The van der Waals surface area contributed by atoms with Gasteiger partial charge in [-0.15, -0.1) is 0 Å². The lowest BCUT2D eigenvalue weighted by molar-refractivity contribution is 0.645. The molecule has 10 rings (SSSR count). The number of fused-ring (bicyclic) bond motifs is 7. The molecule has 0 fully saturated rings. The third-order valence-corrected chi connectivity index (χ3v) is 10.8.